The van der Waals surface area contributed by atoms with Gasteiger partial charge in [0.15, 0.2) is 17.1 Å². The first-order valence-corrected chi connectivity index (χ1v) is 11.7. The van der Waals surface area contributed by atoms with Crippen LogP contribution in [0.1, 0.15) is 5.56 Å². The fourth-order valence-electron chi connectivity index (χ4n) is 3.35. The van der Waals surface area contributed by atoms with Gasteiger partial charge in [0.1, 0.15) is 11.6 Å². The zero-order valence-electron chi connectivity index (χ0n) is 19.1. The Morgan fingerprint density at radius 1 is 1.09 bits per heavy atom. The molecule has 0 bridgehead atoms. The molecule has 0 saturated carbocycles. The Bertz CT molecular complexity index is 1400. The van der Waals surface area contributed by atoms with Gasteiger partial charge in [-0.05, 0) is 17.7 Å². The van der Waals surface area contributed by atoms with Crippen LogP contribution in [-0.4, -0.2) is 46.4 Å². The van der Waals surface area contributed by atoms with Crippen molar-refractivity contribution in [3.05, 3.63) is 69.9 Å². The van der Waals surface area contributed by atoms with Crippen molar-refractivity contribution >= 4 is 40.6 Å². The molecule has 0 aliphatic heterocycles. The number of carbonyl (C=O) groups excluding carboxylic acids is 1. The van der Waals surface area contributed by atoms with Crippen molar-refractivity contribution in [2.75, 3.05) is 26.6 Å². The molecule has 2 aromatic heterocycles. The van der Waals surface area contributed by atoms with E-state index in [0.29, 0.717) is 44.4 Å². The number of methoxy groups -OCH3 is 3. The number of carbonyl (C=O) groups is 1. The number of anilines is 1. The number of aromatic nitrogens is 4. The van der Waals surface area contributed by atoms with Gasteiger partial charge in [0.2, 0.25) is 11.7 Å². The molecule has 1 amide bonds. The van der Waals surface area contributed by atoms with Crippen LogP contribution in [0.3, 0.4) is 0 Å². The van der Waals surface area contributed by atoms with E-state index in [4.69, 9.17) is 25.8 Å². The van der Waals surface area contributed by atoms with Gasteiger partial charge in [0.25, 0.3) is 0 Å². The third kappa shape index (κ3) is 5.36. The number of amides is 1. The third-order valence-corrected chi connectivity index (χ3v) is 6.29. The maximum atomic E-state index is 12.8. The number of thioether (sulfide) groups is 1. The lowest BCUT2D eigenvalue weighted by atomic mass is 10.2. The van der Waals surface area contributed by atoms with E-state index < -0.39 is 11.6 Å². The number of ether oxygens (including phenoxy) is 3. The molecule has 10 nitrogen and oxygen atoms in total. The van der Waals surface area contributed by atoms with E-state index in [1.807, 2.05) is 24.3 Å². The van der Waals surface area contributed by atoms with Crippen LogP contribution in [0.15, 0.2) is 58.6 Å². The van der Waals surface area contributed by atoms with Crippen molar-refractivity contribution in [3.8, 4) is 17.2 Å². The molecule has 0 aliphatic carbocycles. The molecule has 0 saturated heterocycles. The van der Waals surface area contributed by atoms with Gasteiger partial charge in [0.05, 0.1) is 21.3 Å². The third-order valence-electron chi connectivity index (χ3n) is 5.00. The van der Waals surface area contributed by atoms with Crippen molar-refractivity contribution in [3.63, 3.8) is 0 Å². The molecule has 0 fully saturated rings. The van der Waals surface area contributed by atoms with Crippen molar-refractivity contribution < 1.29 is 19.0 Å². The molecule has 1 N–H and O–H groups in total. The Morgan fingerprint density at radius 2 is 1.77 bits per heavy atom. The van der Waals surface area contributed by atoms with Crippen LogP contribution < -0.4 is 25.2 Å². The summed E-state index contributed by atoms with van der Waals surface area (Å²) in [6.45, 7) is -0.293. The lowest BCUT2D eigenvalue weighted by molar-refractivity contribution is -0.117. The number of halogens is 1. The molecular formula is C23H22ClN5O5S. The Balaban J connectivity index is 1.53. The normalized spacial score (nSPS) is 10.9. The highest BCUT2D eigenvalue weighted by atomic mass is 35.5. The van der Waals surface area contributed by atoms with Crippen molar-refractivity contribution in [1.29, 1.82) is 0 Å². The van der Waals surface area contributed by atoms with E-state index >= 15 is 0 Å². The summed E-state index contributed by atoms with van der Waals surface area (Å²) in [6.07, 6.45) is 3.05. The number of hydrogen-bond acceptors (Lipinski definition) is 8. The monoisotopic (exact) mass is 515 g/mol. The van der Waals surface area contributed by atoms with Gasteiger partial charge in [-0.25, -0.2) is 18.9 Å². The zero-order valence-corrected chi connectivity index (χ0v) is 20.7. The topological polar surface area (TPSA) is 109 Å². The highest BCUT2D eigenvalue weighted by molar-refractivity contribution is 7.98. The first-order chi connectivity index (χ1) is 16.9. The van der Waals surface area contributed by atoms with Crippen LogP contribution in [0.25, 0.3) is 5.65 Å². The predicted octanol–water partition coefficient (Wildman–Crippen LogP) is 3.50. The quantitative estimate of drug-likeness (QED) is 0.337. The standard InChI is InChI=1S/C23H22ClN5O5S/c1-32-17-10-16(11-18(33-2)20(17)34-3)26-19(30)12-29-23(31)28-9-8-25-22(21(28)27-29)35-13-14-4-6-15(24)7-5-14/h4-11H,12-13H2,1-3H3,(H,26,30). The molecule has 12 heteroatoms. The fraction of sp³-hybridized carbons (Fsp3) is 0.217. The van der Waals surface area contributed by atoms with Crippen LogP contribution in [0, 0.1) is 0 Å². The highest BCUT2D eigenvalue weighted by Gasteiger charge is 2.17. The Morgan fingerprint density at radius 3 is 2.40 bits per heavy atom. The summed E-state index contributed by atoms with van der Waals surface area (Å²) in [4.78, 5) is 29.9. The van der Waals surface area contributed by atoms with E-state index in [9.17, 15) is 9.59 Å². The van der Waals surface area contributed by atoms with Crippen molar-refractivity contribution in [2.24, 2.45) is 0 Å². The number of rotatable bonds is 9. The molecule has 4 aromatic rings. The SMILES string of the molecule is COc1cc(NC(=O)Cn2nc3c(SCc4ccc(Cl)cc4)nccn3c2=O)cc(OC)c1OC. The van der Waals surface area contributed by atoms with Gasteiger partial charge in [-0.1, -0.05) is 35.5 Å². The summed E-state index contributed by atoms with van der Waals surface area (Å²) >= 11 is 7.38. The second kappa shape index (κ2) is 10.7. The number of hydrogen-bond donors (Lipinski definition) is 1. The fourth-order valence-corrected chi connectivity index (χ4v) is 4.38. The van der Waals surface area contributed by atoms with Gasteiger partial charge in [-0.2, -0.15) is 0 Å². The van der Waals surface area contributed by atoms with Gasteiger partial charge in [-0.15, -0.1) is 5.10 Å². The van der Waals surface area contributed by atoms with Crippen LogP contribution >= 0.6 is 23.4 Å². The highest BCUT2D eigenvalue weighted by Crippen LogP contribution is 2.39. The largest absolute Gasteiger partial charge is 0.493 e. The molecule has 182 valence electrons. The Kier molecular flexibility index (Phi) is 7.47. The average molecular weight is 516 g/mol. The lowest BCUT2D eigenvalue weighted by Gasteiger charge is -2.14. The van der Waals surface area contributed by atoms with Gasteiger partial charge in [0, 0.05) is 41.0 Å². The van der Waals surface area contributed by atoms with E-state index in [-0.39, 0.29) is 6.54 Å². The smallest absolute Gasteiger partial charge is 0.350 e. The zero-order chi connectivity index (χ0) is 24.9. The van der Waals surface area contributed by atoms with Crippen LogP contribution in [0.2, 0.25) is 5.02 Å². The molecule has 0 radical (unpaired) electrons. The number of nitrogens with zero attached hydrogens (tertiary/aromatic N) is 4. The minimum absolute atomic E-state index is 0.293. The molecule has 0 aliphatic rings. The summed E-state index contributed by atoms with van der Waals surface area (Å²) < 4.78 is 18.4. The van der Waals surface area contributed by atoms with Crippen LogP contribution in [0.4, 0.5) is 5.69 Å². The molecule has 0 atom stereocenters. The second-order valence-corrected chi connectivity index (χ2v) is 8.64. The summed E-state index contributed by atoms with van der Waals surface area (Å²) in [7, 11) is 4.46. The van der Waals surface area contributed by atoms with Crippen molar-refractivity contribution in [2.45, 2.75) is 17.3 Å². The van der Waals surface area contributed by atoms with Gasteiger partial charge < -0.3 is 19.5 Å². The molecule has 35 heavy (non-hydrogen) atoms. The number of benzene rings is 2. The summed E-state index contributed by atoms with van der Waals surface area (Å²) in [5, 5.41) is 8.31. The maximum Gasteiger partial charge on any atom is 0.350 e. The van der Waals surface area contributed by atoms with Crippen LogP contribution in [0.5, 0.6) is 17.2 Å². The van der Waals surface area contributed by atoms with E-state index in [1.54, 1.807) is 12.1 Å². The molecule has 4 rings (SSSR count). The molecule has 2 heterocycles. The van der Waals surface area contributed by atoms with Crippen LogP contribution in [-0.2, 0) is 17.1 Å². The van der Waals surface area contributed by atoms with Crippen molar-refractivity contribution in [1.82, 2.24) is 19.2 Å². The second-order valence-electron chi connectivity index (χ2n) is 7.24. The first kappa shape index (κ1) is 24.4. The summed E-state index contributed by atoms with van der Waals surface area (Å²) in [5.74, 6) is 1.35. The molecule has 0 spiro atoms. The van der Waals surface area contributed by atoms with E-state index in [1.165, 1.54) is 49.9 Å². The lowest BCUT2D eigenvalue weighted by Crippen LogP contribution is -2.28. The minimum Gasteiger partial charge on any atom is -0.493 e. The Hall–Kier alpha value is -3.70. The first-order valence-electron chi connectivity index (χ1n) is 10.3. The van der Waals surface area contributed by atoms with E-state index in [0.717, 1.165) is 10.2 Å². The average Bonchev–Trinajstić information content (AvgIpc) is 3.18. The molecule has 0 unspecified atom stereocenters. The number of nitrogens with one attached hydrogen (secondary N) is 1. The van der Waals surface area contributed by atoms with Gasteiger partial charge in [-0.3, -0.25) is 4.79 Å². The predicted molar refractivity (Wildman–Crippen MR) is 133 cm³/mol. The maximum absolute atomic E-state index is 12.8. The van der Waals surface area contributed by atoms with Gasteiger partial charge >= 0.3 is 5.69 Å². The van der Waals surface area contributed by atoms with E-state index in [2.05, 4.69) is 15.4 Å². The number of fused-ring (bicyclic) bond motifs is 1. The summed E-state index contributed by atoms with van der Waals surface area (Å²) in [5.41, 5.74) is 1.39. The molecule has 2 aromatic carbocycles. The Labute approximate surface area is 209 Å². The minimum atomic E-state index is -0.451. The molecular weight excluding hydrogens is 494 g/mol. The summed E-state index contributed by atoms with van der Waals surface area (Å²) in [6, 6.07) is 10.7.